The summed E-state index contributed by atoms with van der Waals surface area (Å²) in [6.07, 6.45) is 2.00. The average molecular weight is 290 g/mol. The molecule has 1 N–H and O–H groups in total. The van der Waals surface area contributed by atoms with Gasteiger partial charge in [-0.15, -0.1) is 0 Å². The molecule has 118 valence electrons. The molecule has 1 aromatic heterocycles. The van der Waals surface area contributed by atoms with Gasteiger partial charge in [0, 0.05) is 44.0 Å². The number of hydrogen-bond acceptors (Lipinski definition) is 4. The highest BCUT2D eigenvalue weighted by atomic mass is 15.3. The van der Waals surface area contributed by atoms with Crippen molar-refractivity contribution in [2.24, 2.45) is 0 Å². The van der Waals surface area contributed by atoms with E-state index in [2.05, 4.69) is 66.9 Å². The first kappa shape index (κ1) is 16.2. The summed E-state index contributed by atoms with van der Waals surface area (Å²) in [7, 11) is 0. The summed E-state index contributed by atoms with van der Waals surface area (Å²) >= 11 is 0. The van der Waals surface area contributed by atoms with E-state index >= 15 is 0 Å². The zero-order valence-electron chi connectivity index (χ0n) is 14.2. The molecule has 21 heavy (non-hydrogen) atoms. The second-order valence-corrected chi connectivity index (χ2v) is 7.05. The summed E-state index contributed by atoms with van der Waals surface area (Å²) in [6, 6.07) is 4.96. The van der Waals surface area contributed by atoms with Crippen molar-refractivity contribution < 1.29 is 0 Å². The predicted molar refractivity (Wildman–Crippen MR) is 89.8 cm³/mol. The highest BCUT2D eigenvalue weighted by Gasteiger charge is 2.22. The van der Waals surface area contributed by atoms with Crippen LogP contribution in [0.2, 0.25) is 0 Å². The molecule has 0 amide bonds. The van der Waals surface area contributed by atoms with Crippen molar-refractivity contribution in [3.8, 4) is 0 Å². The first-order valence-electron chi connectivity index (χ1n) is 8.08. The molecular weight excluding hydrogens is 260 g/mol. The molecule has 0 bridgehead atoms. The molecule has 1 unspecified atom stereocenters. The van der Waals surface area contributed by atoms with Crippen LogP contribution in [0.1, 0.15) is 40.2 Å². The minimum atomic E-state index is 0.143. The molecule has 1 fully saturated rings. The van der Waals surface area contributed by atoms with Gasteiger partial charge >= 0.3 is 0 Å². The number of aromatic nitrogens is 1. The Morgan fingerprint density at radius 2 is 2.05 bits per heavy atom. The molecule has 1 atom stereocenters. The molecule has 1 aromatic rings. The molecule has 2 rings (SSSR count). The minimum Gasteiger partial charge on any atom is -0.354 e. The first-order valence-corrected chi connectivity index (χ1v) is 8.08. The molecule has 0 radical (unpaired) electrons. The number of hydrogen-bond donors (Lipinski definition) is 1. The number of rotatable bonds is 4. The number of nitrogens with one attached hydrogen (secondary N) is 1. The molecule has 0 aliphatic carbocycles. The Bertz CT molecular complexity index is 435. The fraction of sp³-hybridized carbons (Fsp3) is 0.706. The Labute approximate surface area is 129 Å². The third-order valence-corrected chi connectivity index (χ3v) is 4.13. The van der Waals surface area contributed by atoms with Gasteiger partial charge in [0.15, 0.2) is 0 Å². The summed E-state index contributed by atoms with van der Waals surface area (Å²) in [4.78, 5) is 9.58. The van der Waals surface area contributed by atoms with Gasteiger partial charge in [-0.1, -0.05) is 13.0 Å². The normalized spacial score (nSPS) is 20.8. The van der Waals surface area contributed by atoms with E-state index in [0.29, 0.717) is 6.04 Å². The van der Waals surface area contributed by atoms with Crippen molar-refractivity contribution >= 4 is 5.82 Å². The lowest BCUT2D eigenvalue weighted by Crippen LogP contribution is -2.51. The van der Waals surface area contributed by atoms with Gasteiger partial charge in [-0.3, -0.25) is 4.90 Å². The van der Waals surface area contributed by atoms with Crippen LogP contribution in [0, 0.1) is 0 Å². The highest BCUT2D eigenvalue weighted by Crippen LogP contribution is 2.17. The zero-order valence-corrected chi connectivity index (χ0v) is 14.2. The number of likely N-dealkylation sites (N-methyl/N-ethyl adjacent to an activating group) is 1. The van der Waals surface area contributed by atoms with Crippen LogP contribution in [0.3, 0.4) is 0 Å². The highest BCUT2D eigenvalue weighted by molar-refractivity contribution is 5.40. The topological polar surface area (TPSA) is 31.4 Å². The predicted octanol–water partition coefficient (Wildman–Crippen LogP) is 2.50. The number of pyridine rings is 1. The lowest BCUT2D eigenvalue weighted by Gasteiger charge is -2.39. The summed E-state index contributed by atoms with van der Waals surface area (Å²) in [5.41, 5.74) is 1.39. The van der Waals surface area contributed by atoms with Crippen molar-refractivity contribution in [2.75, 3.05) is 31.1 Å². The molecule has 4 heteroatoms. The lowest BCUT2D eigenvalue weighted by molar-refractivity contribution is 0.199. The molecule has 2 heterocycles. The molecule has 1 saturated heterocycles. The first-order chi connectivity index (χ1) is 9.89. The number of piperazine rings is 1. The number of nitrogens with zero attached hydrogens (tertiary/aromatic N) is 3. The Morgan fingerprint density at radius 1 is 1.29 bits per heavy atom. The average Bonchev–Trinajstić information content (AvgIpc) is 2.45. The number of anilines is 1. The minimum absolute atomic E-state index is 0.143. The fourth-order valence-electron chi connectivity index (χ4n) is 2.75. The fourth-order valence-corrected chi connectivity index (χ4v) is 2.75. The Balaban J connectivity index is 1.93. The van der Waals surface area contributed by atoms with Gasteiger partial charge in [0.05, 0.1) is 0 Å². The molecule has 0 saturated carbocycles. The van der Waals surface area contributed by atoms with Crippen molar-refractivity contribution in [1.29, 1.82) is 0 Å². The maximum Gasteiger partial charge on any atom is 0.128 e. The van der Waals surface area contributed by atoms with Gasteiger partial charge in [-0.25, -0.2) is 4.98 Å². The van der Waals surface area contributed by atoms with E-state index in [0.717, 1.165) is 38.5 Å². The quantitative estimate of drug-likeness (QED) is 0.923. The van der Waals surface area contributed by atoms with Crippen LogP contribution in [0.5, 0.6) is 0 Å². The second-order valence-electron chi connectivity index (χ2n) is 7.05. The van der Waals surface area contributed by atoms with Gasteiger partial charge in [0.2, 0.25) is 0 Å². The molecule has 0 spiro atoms. The van der Waals surface area contributed by atoms with Crippen molar-refractivity contribution in [3.05, 3.63) is 23.9 Å². The second kappa shape index (κ2) is 6.75. The van der Waals surface area contributed by atoms with Crippen LogP contribution >= 0.6 is 0 Å². The SMILES string of the molecule is CCN1CCN(c2ccc(CNC(C)(C)C)cn2)CC1C. The van der Waals surface area contributed by atoms with Gasteiger partial charge in [0.1, 0.15) is 5.82 Å². The van der Waals surface area contributed by atoms with Gasteiger partial charge in [-0.05, 0) is 45.9 Å². The van der Waals surface area contributed by atoms with Gasteiger partial charge in [0.25, 0.3) is 0 Å². The van der Waals surface area contributed by atoms with E-state index in [4.69, 9.17) is 0 Å². The molecular formula is C17H30N4. The summed E-state index contributed by atoms with van der Waals surface area (Å²) in [6.45, 7) is 16.4. The van der Waals surface area contributed by atoms with E-state index in [1.807, 2.05) is 6.20 Å². The van der Waals surface area contributed by atoms with Gasteiger partial charge < -0.3 is 10.2 Å². The molecule has 1 aliphatic rings. The van der Waals surface area contributed by atoms with E-state index in [9.17, 15) is 0 Å². The third-order valence-electron chi connectivity index (χ3n) is 4.13. The van der Waals surface area contributed by atoms with Crippen LogP contribution in [0.4, 0.5) is 5.82 Å². The van der Waals surface area contributed by atoms with Crippen molar-refractivity contribution in [1.82, 2.24) is 15.2 Å². The molecule has 0 aromatic carbocycles. The summed E-state index contributed by atoms with van der Waals surface area (Å²) < 4.78 is 0. The van der Waals surface area contributed by atoms with E-state index in [-0.39, 0.29) is 5.54 Å². The smallest absolute Gasteiger partial charge is 0.128 e. The van der Waals surface area contributed by atoms with E-state index in [1.54, 1.807) is 0 Å². The maximum absolute atomic E-state index is 4.66. The van der Waals surface area contributed by atoms with Crippen LogP contribution in [-0.2, 0) is 6.54 Å². The standard InChI is InChI=1S/C17H30N4/c1-6-20-9-10-21(13-14(20)2)16-8-7-15(11-18-16)12-19-17(3,4)5/h7-8,11,14,19H,6,9-10,12-13H2,1-5H3. The Kier molecular flexibility index (Phi) is 5.22. The Morgan fingerprint density at radius 3 is 2.57 bits per heavy atom. The van der Waals surface area contributed by atoms with Crippen LogP contribution in [-0.4, -0.2) is 47.6 Å². The maximum atomic E-state index is 4.66. The lowest BCUT2D eigenvalue weighted by atomic mass is 10.1. The van der Waals surface area contributed by atoms with Crippen LogP contribution < -0.4 is 10.2 Å². The van der Waals surface area contributed by atoms with Crippen molar-refractivity contribution in [2.45, 2.75) is 52.7 Å². The van der Waals surface area contributed by atoms with Gasteiger partial charge in [-0.2, -0.15) is 0 Å². The summed E-state index contributed by atoms with van der Waals surface area (Å²) in [5.74, 6) is 1.11. The van der Waals surface area contributed by atoms with E-state index in [1.165, 1.54) is 5.56 Å². The van der Waals surface area contributed by atoms with Crippen LogP contribution in [0.25, 0.3) is 0 Å². The zero-order chi connectivity index (χ0) is 15.5. The monoisotopic (exact) mass is 290 g/mol. The Hall–Kier alpha value is -1.13. The summed E-state index contributed by atoms with van der Waals surface area (Å²) in [5, 5.41) is 3.50. The van der Waals surface area contributed by atoms with Crippen molar-refractivity contribution in [3.63, 3.8) is 0 Å². The van der Waals surface area contributed by atoms with Crippen LogP contribution in [0.15, 0.2) is 18.3 Å². The molecule has 1 aliphatic heterocycles. The third kappa shape index (κ3) is 4.68. The largest absolute Gasteiger partial charge is 0.354 e. The van der Waals surface area contributed by atoms with E-state index < -0.39 is 0 Å². The molecule has 4 nitrogen and oxygen atoms in total.